The van der Waals surface area contributed by atoms with Crippen molar-refractivity contribution in [3.8, 4) is 0 Å². The van der Waals surface area contributed by atoms with Gasteiger partial charge in [0.05, 0.1) is 5.52 Å². The summed E-state index contributed by atoms with van der Waals surface area (Å²) < 4.78 is 0. The molecule has 0 aliphatic carbocycles. The van der Waals surface area contributed by atoms with E-state index in [0.29, 0.717) is 10.7 Å². The van der Waals surface area contributed by atoms with Gasteiger partial charge in [0, 0.05) is 21.8 Å². The maximum Gasteiger partial charge on any atom is 0.0705 e. The maximum atomic E-state index is 4.77. The molecule has 2 aromatic rings. The molecule has 84 valence electrons. The van der Waals surface area contributed by atoms with Gasteiger partial charge < -0.3 is 0 Å². The number of pyridine rings is 1. The fraction of sp³-hybridized carbons (Fsp3) is 0.357. The smallest absolute Gasteiger partial charge is 0.0705 e. The molecule has 2 atom stereocenters. The molecule has 1 aromatic heterocycles. The molecule has 16 heavy (non-hydrogen) atoms. The van der Waals surface area contributed by atoms with Crippen molar-refractivity contribution in [3.63, 3.8) is 0 Å². The number of nitrogens with zero attached hydrogens (tertiary/aromatic N) is 1. The van der Waals surface area contributed by atoms with Crippen LogP contribution in [0.1, 0.15) is 31.0 Å². The second kappa shape index (κ2) is 4.54. The van der Waals surface area contributed by atoms with Gasteiger partial charge in [0.15, 0.2) is 0 Å². The van der Waals surface area contributed by atoms with Crippen LogP contribution in [-0.4, -0.2) is 9.81 Å². The van der Waals surface area contributed by atoms with Crippen molar-refractivity contribution >= 4 is 26.8 Å². The van der Waals surface area contributed by atoms with Crippen LogP contribution in [0.2, 0.25) is 0 Å². The third-order valence-corrected chi connectivity index (χ3v) is 3.87. The quantitative estimate of drug-likeness (QED) is 0.740. The van der Waals surface area contributed by atoms with Gasteiger partial charge in [0.25, 0.3) is 0 Å². The number of alkyl halides is 1. The van der Waals surface area contributed by atoms with Crippen molar-refractivity contribution in [2.45, 2.75) is 31.5 Å². The fourth-order valence-corrected chi connectivity index (χ4v) is 2.17. The molecule has 0 spiro atoms. The van der Waals surface area contributed by atoms with Crippen LogP contribution < -0.4 is 0 Å². The molecule has 0 aliphatic heterocycles. The highest BCUT2D eigenvalue weighted by Crippen LogP contribution is 2.27. The Morgan fingerprint density at radius 3 is 2.56 bits per heavy atom. The molecule has 0 radical (unpaired) electrons. The van der Waals surface area contributed by atoms with E-state index in [2.05, 4.69) is 61.0 Å². The van der Waals surface area contributed by atoms with Gasteiger partial charge in [-0.3, -0.25) is 4.98 Å². The minimum Gasteiger partial charge on any atom is -0.252 e. The van der Waals surface area contributed by atoms with Crippen molar-refractivity contribution in [1.29, 1.82) is 0 Å². The second-order valence-electron chi connectivity index (χ2n) is 4.35. The first-order chi connectivity index (χ1) is 7.59. The van der Waals surface area contributed by atoms with E-state index in [0.717, 1.165) is 5.52 Å². The first-order valence-electron chi connectivity index (χ1n) is 5.60. The zero-order valence-electron chi connectivity index (χ0n) is 9.87. The van der Waals surface area contributed by atoms with Gasteiger partial charge in [-0.05, 0) is 24.6 Å². The molecule has 0 saturated heterocycles. The number of aromatic nitrogens is 1. The molecular weight excluding hydrogens is 262 g/mol. The van der Waals surface area contributed by atoms with Crippen LogP contribution in [0.4, 0.5) is 0 Å². The van der Waals surface area contributed by atoms with E-state index in [1.54, 1.807) is 0 Å². The number of fused-ring (bicyclic) bond motifs is 1. The summed E-state index contributed by atoms with van der Waals surface area (Å²) in [6.07, 6.45) is 0. The largest absolute Gasteiger partial charge is 0.252 e. The van der Waals surface area contributed by atoms with Crippen LogP contribution in [-0.2, 0) is 0 Å². The minimum atomic E-state index is 0.435. The molecule has 1 aromatic carbocycles. The van der Waals surface area contributed by atoms with Gasteiger partial charge in [-0.25, -0.2) is 0 Å². The van der Waals surface area contributed by atoms with Crippen LogP contribution in [0.5, 0.6) is 0 Å². The zero-order chi connectivity index (χ0) is 11.7. The lowest BCUT2D eigenvalue weighted by Gasteiger charge is -2.16. The third kappa shape index (κ3) is 2.12. The Morgan fingerprint density at radius 1 is 1.19 bits per heavy atom. The van der Waals surface area contributed by atoms with Crippen LogP contribution in [0.25, 0.3) is 10.9 Å². The zero-order valence-corrected chi connectivity index (χ0v) is 11.5. The van der Waals surface area contributed by atoms with E-state index in [1.165, 1.54) is 16.6 Å². The molecule has 0 aliphatic rings. The maximum absolute atomic E-state index is 4.77. The molecule has 0 N–H and O–H groups in total. The Hall–Kier alpha value is -0.890. The van der Waals surface area contributed by atoms with E-state index in [-0.39, 0.29) is 0 Å². The van der Waals surface area contributed by atoms with Crippen molar-refractivity contribution in [3.05, 3.63) is 41.6 Å². The van der Waals surface area contributed by atoms with Gasteiger partial charge in [-0.1, -0.05) is 48.0 Å². The Kier molecular flexibility index (Phi) is 3.29. The predicted octanol–water partition coefficient (Wildman–Crippen LogP) is 4.43. The average molecular weight is 278 g/mol. The predicted molar refractivity (Wildman–Crippen MR) is 73.3 cm³/mol. The molecule has 0 saturated carbocycles. The summed E-state index contributed by atoms with van der Waals surface area (Å²) >= 11 is 3.63. The van der Waals surface area contributed by atoms with Crippen molar-refractivity contribution in [2.24, 2.45) is 0 Å². The number of aryl methyl sites for hydroxylation is 1. The number of hydrogen-bond acceptors (Lipinski definition) is 1. The molecule has 0 amide bonds. The molecule has 1 heterocycles. The topological polar surface area (TPSA) is 12.9 Å². The monoisotopic (exact) mass is 277 g/mol. The lowest BCUT2D eigenvalue weighted by atomic mass is 9.98. The van der Waals surface area contributed by atoms with E-state index in [1.807, 2.05) is 6.07 Å². The van der Waals surface area contributed by atoms with Crippen LogP contribution in [0.3, 0.4) is 0 Å². The number of benzene rings is 1. The van der Waals surface area contributed by atoms with E-state index < -0.39 is 0 Å². The summed E-state index contributed by atoms with van der Waals surface area (Å²) in [4.78, 5) is 5.21. The van der Waals surface area contributed by atoms with Gasteiger partial charge in [0.1, 0.15) is 0 Å². The summed E-state index contributed by atoms with van der Waals surface area (Å²) in [5, 5.41) is 1.22. The fourth-order valence-electron chi connectivity index (χ4n) is 1.92. The molecule has 2 rings (SSSR count). The first kappa shape index (κ1) is 11.6. The highest BCUT2D eigenvalue weighted by molar-refractivity contribution is 9.09. The lowest BCUT2D eigenvalue weighted by Crippen LogP contribution is -2.08. The SMILES string of the molecule is Cc1cc2ccccc2nc1C(C)C(C)Br. The Bertz CT molecular complexity index is 505. The van der Waals surface area contributed by atoms with Crippen molar-refractivity contribution in [1.82, 2.24) is 4.98 Å². The van der Waals surface area contributed by atoms with Crippen molar-refractivity contribution < 1.29 is 0 Å². The summed E-state index contributed by atoms with van der Waals surface area (Å²) in [6.45, 7) is 6.52. The average Bonchev–Trinajstić information content (AvgIpc) is 2.27. The highest BCUT2D eigenvalue weighted by Gasteiger charge is 2.15. The number of hydrogen-bond donors (Lipinski definition) is 0. The summed E-state index contributed by atoms with van der Waals surface area (Å²) in [6, 6.07) is 10.5. The normalized spacial score (nSPS) is 15.0. The molecule has 1 nitrogen and oxygen atoms in total. The number of rotatable bonds is 2. The Balaban J connectivity index is 2.58. The first-order valence-corrected chi connectivity index (χ1v) is 6.51. The Labute approximate surface area is 105 Å². The summed E-state index contributed by atoms with van der Waals surface area (Å²) in [5.41, 5.74) is 3.56. The van der Waals surface area contributed by atoms with Crippen LogP contribution in [0.15, 0.2) is 30.3 Å². The highest BCUT2D eigenvalue weighted by atomic mass is 79.9. The molecular formula is C14H16BrN. The standard InChI is InChI=1S/C14H16BrN/c1-9-8-12-6-4-5-7-13(12)16-14(9)10(2)11(3)15/h4-8,10-11H,1-3H3. The number of halogens is 1. The molecule has 0 bridgehead atoms. The Morgan fingerprint density at radius 2 is 1.88 bits per heavy atom. The third-order valence-electron chi connectivity index (χ3n) is 3.07. The van der Waals surface area contributed by atoms with Gasteiger partial charge in [0.2, 0.25) is 0 Å². The van der Waals surface area contributed by atoms with Gasteiger partial charge in [-0.2, -0.15) is 0 Å². The van der Waals surface area contributed by atoms with Gasteiger partial charge in [-0.15, -0.1) is 0 Å². The molecule has 2 unspecified atom stereocenters. The van der Waals surface area contributed by atoms with E-state index in [9.17, 15) is 0 Å². The molecule has 2 heteroatoms. The van der Waals surface area contributed by atoms with Crippen molar-refractivity contribution in [2.75, 3.05) is 0 Å². The minimum absolute atomic E-state index is 0.435. The second-order valence-corrected chi connectivity index (χ2v) is 5.79. The van der Waals surface area contributed by atoms with Crippen LogP contribution >= 0.6 is 15.9 Å². The van der Waals surface area contributed by atoms with Gasteiger partial charge >= 0.3 is 0 Å². The summed E-state index contributed by atoms with van der Waals surface area (Å²) in [5.74, 6) is 0.435. The number of para-hydroxylation sites is 1. The van der Waals surface area contributed by atoms with E-state index >= 15 is 0 Å². The molecule has 0 fully saturated rings. The van der Waals surface area contributed by atoms with Crippen LogP contribution in [0, 0.1) is 6.92 Å². The summed E-state index contributed by atoms with van der Waals surface area (Å²) in [7, 11) is 0. The van der Waals surface area contributed by atoms with E-state index in [4.69, 9.17) is 4.98 Å². The lowest BCUT2D eigenvalue weighted by molar-refractivity contribution is 0.731.